The molecule has 2 aromatic rings. The van der Waals surface area contributed by atoms with Crippen LogP contribution in [0, 0.1) is 11.8 Å². The monoisotopic (exact) mass is 413 g/mol. The number of carbonyl (C=O) groups is 2. The van der Waals surface area contributed by atoms with Gasteiger partial charge in [0, 0.05) is 12.6 Å². The highest BCUT2D eigenvalue weighted by Crippen LogP contribution is 2.55. The maximum absolute atomic E-state index is 13.0. The third-order valence-corrected chi connectivity index (χ3v) is 7.82. The van der Waals surface area contributed by atoms with Crippen LogP contribution in [0.15, 0.2) is 24.5 Å². The number of likely N-dealkylation sites (tertiary alicyclic amines) is 1. The van der Waals surface area contributed by atoms with Gasteiger partial charge in [-0.3, -0.25) is 9.59 Å². The Balaban J connectivity index is 1.34. The van der Waals surface area contributed by atoms with Gasteiger partial charge in [-0.05, 0) is 56.4 Å². The van der Waals surface area contributed by atoms with Gasteiger partial charge in [-0.25, -0.2) is 9.67 Å². The van der Waals surface area contributed by atoms with E-state index in [1.165, 1.54) is 0 Å². The number of hydrogen-bond acceptors (Lipinski definition) is 6. The zero-order chi connectivity index (χ0) is 20.2. The Hall–Kier alpha value is -2.42. The maximum Gasteiger partial charge on any atom is 0.308 e. The summed E-state index contributed by atoms with van der Waals surface area (Å²) < 4.78 is 1.80. The summed E-state index contributed by atoms with van der Waals surface area (Å²) in [6.07, 6.45) is 10.4. The number of carbonyl (C=O) groups excluding carboxylic acids is 1. The van der Waals surface area contributed by atoms with Gasteiger partial charge >= 0.3 is 5.97 Å². The van der Waals surface area contributed by atoms with Gasteiger partial charge in [0.1, 0.15) is 5.69 Å². The van der Waals surface area contributed by atoms with E-state index in [1.54, 1.807) is 33.6 Å². The van der Waals surface area contributed by atoms with Crippen LogP contribution in [0.3, 0.4) is 0 Å². The summed E-state index contributed by atoms with van der Waals surface area (Å²) in [6, 6.07) is 3.30. The Labute approximate surface area is 172 Å². The Bertz CT molecular complexity index is 951. The molecule has 9 heteroatoms. The number of aromatic nitrogens is 4. The van der Waals surface area contributed by atoms with Gasteiger partial charge in [0.05, 0.1) is 34.4 Å². The van der Waals surface area contributed by atoms with Crippen molar-refractivity contribution in [2.75, 3.05) is 12.8 Å². The minimum atomic E-state index is -0.804. The van der Waals surface area contributed by atoms with Gasteiger partial charge in [0.15, 0.2) is 0 Å². The first kappa shape index (κ1) is 18.6. The SMILES string of the molecule is CSC1(c2cn(-c3ccc(C(=O)N4CC[C@H](C(=O)O)[C@H]4C4CC4)nc3)nn2)CC1. The smallest absolute Gasteiger partial charge is 0.308 e. The molecule has 8 nitrogen and oxygen atoms in total. The average molecular weight is 414 g/mol. The number of rotatable bonds is 6. The summed E-state index contributed by atoms with van der Waals surface area (Å²) in [4.78, 5) is 30.7. The van der Waals surface area contributed by atoms with E-state index in [4.69, 9.17) is 0 Å². The second kappa shape index (κ2) is 6.83. The predicted octanol–water partition coefficient (Wildman–Crippen LogP) is 2.34. The van der Waals surface area contributed by atoms with Crippen LogP contribution in [0.1, 0.15) is 48.3 Å². The molecule has 1 saturated heterocycles. The van der Waals surface area contributed by atoms with Gasteiger partial charge in [-0.2, -0.15) is 11.8 Å². The number of hydrogen-bond donors (Lipinski definition) is 1. The molecule has 5 rings (SSSR count). The normalized spacial score (nSPS) is 25.2. The molecule has 2 atom stereocenters. The van der Waals surface area contributed by atoms with Gasteiger partial charge in [0.2, 0.25) is 0 Å². The van der Waals surface area contributed by atoms with Crippen molar-refractivity contribution in [3.05, 3.63) is 35.9 Å². The highest BCUT2D eigenvalue weighted by molar-refractivity contribution is 7.99. The van der Waals surface area contributed by atoms with Crippen molar-refractivity contribution in [3.63, 3.8) is 0 Å². The van der Waals surface area contributed by atoms with E-state index in [-0.39, 0.29) is 16.7 Å². The lowest BCUT2D eigenvalue weighted by molar-refractivity contribution is -0.142. The molecule has 3 fully saturated rings. The summed E-state index contributed by atoms with van der Waals surface area (Å²) in [5.74, 6) is -1.15. The van der Waals surface area contributed by atoms with E-state index in [0.717, 1.165) is 37.1 Å². The van der Waals surface area contributed by atoms with E-state index in [9.17, 15) is 14.7 Å². The minimum Gasteiger partial charge on any atom is -0.481 e. The highest BCUT2D eigenvalue weighted by Gasteiger charge is 2.49. The molecule has 2 aromatic heterocycles. The Morgan fingerprint density at radius 1 is 1.24 bits per heavy atom. The third kappa shape index (κ3) is 3.21. The third-order valence-electron chi connectivity index (χ3n) is 6.42. The molecule has 2 aliphatic carbocycles. The second-order valence-electron chi connectivity index (χ2n) is 8.21. The molecule has 3 heterocycles. The van der Waals surface area contributed by atoms with Crippen molar-refractivity contribution >= 4 is 23.6 Å². The Morgan fingerprint density at radius 2 is 2.03 bits per heavy atom. The van der Waals surface area contributed by atoms with Crippen molar-refractivity contribution in [3.8, 4) is 5.69 Å². The number of amides is 1. The average Bonchev–Trinajstić information content (AvgIpc) is 3.65. The summed E-state index contributed by atoms with van der Waals surface area (Å²) in [7, 11) is 0. The maximum atomic E-state index is 13.0. The lowest BCUT2D eigenvalue weighted by Gasteiger charge is -2.26. The molecule has 152 valence electrons. The molecule has 0 bridgehead atoms. The number of carboxylic acids is 1. The molecule has 0 aromatic carbocycles. The zero-order valence-electron chi connectivity index (χ0n) is 16.2. The molecule has 1 aliphatic heterocycles. The standard InChI is InChI=1S/C20H23N5O3S/c1-29-20(7-8-20)16-11-25(23-22-16)13-4-5-15(21-10-13)18(26)24-9-6-14(19(27)28)17(24)12-2-3-12/h4-5,10-12,14,17H,2-3,6-9H2,1H3,(H,27,28)/t14-,17+/m0/s1. The second-order valence-corrected chi connectivity index (χ2v) is 9.40. The first-order chi connectivity index (χ1) is 14.0. The van der Waals surface area contributed by atoms with Crippen LogP contribution in [0.4, 0.5) is 0 Å². The minimum absolute atomic E-state index is 0.107. The molecule has 1 N–H and O–H groups in total. The summed E-state index contributed by atoms with van der Waals surface area (Å²) in [5, 5.41) is 18.0. The van der Waals surface area contributed by atoms with Crippen molar-refractivity contribution in [2.24, 2.45) is 11.8 Å². The number of thioether (sulfide) groups is 1. The molecular formula is C20H23N5O3S. The lowest BCUT2D eigenvalue weighted by atomic mass is 9.96. The van der Waals surface area contributed by atoms with Gasteiger partial charge in [0.25, 0.3) is 5.91 Å². The van der Waals surface area contributed by atoms with E-state index in [1.807, 2.05) is 12.3 Å². The van der Waals surface area contributed by atoms with Crippen LogP contribution >= 0.6 is 11.8 Å². The fourth-order valence-electron chi connectivity index (χ4n) is 4.41. The van der Waals surface area contributed by atoms with Gasteiger partial charge in [-0.1, -0.05) is 5.21 Å². The summed E-state index contributed by atoms with van der Waals surface area (Å²) in [5.41, 5.74) is 2.07. The number of carboxylic acid groups (broad SMARTS) is 1. The van der Waals surface area contributed by atoms with Crippen LogP contribution in [-0.2, 0) is 9.54 Å². The van der Waals surface area contributed by atoms with E-state index >= 15 is 0 Å². The molecule has 2 saturated carbocycles. The summed E-state index contributed by atoms with van der Waals surface area (Å²) >= 11 is 1.81. The molecule has 0 radical (unpaired) electrons. The Morgan fingerprint density at radius 3 is 2.62 bits per heavy atom. The number of nitrogens with zero attached hydrogens (tertiary/aromatic N) is 5. The Kier molecular flexibility index (Phi) is 4.38. The van der Waals surface area contributed by atoms with Crippen LogP contribution in [0.2, 0.25) is 0 Å². The predicted molar refractivity (Wildman–Crippen MR) is 107 cm³/mol. The van der Waals surface area contributed by atoms with Crippen molar-refractivity contribution in [2.45, 2.75) is 42.9 Å². The molecule has 3 aliphatic rings. The van der Waals surface area contributed by atoms with Crippen molar-refractivity contribution < 1.29 is 14.7 Å². The van der Waals surface area contributed by atoms with Crippen LogP contribution < -0.4 is 0 Å². The van der Waals surface area contributed by atoms with Crippen LogP contribution in [0.25, 0.3) is 5.69 Å². The quantitative estimate of drug-likeness (QED) is 0.775. The fourth-order valence-corrected chi connectivity index (χ4v) is 5.23. The van der Waals surface area contributed by atoms with Gasteiger partial charge < -0.3 is 10.0 Å². The highest BCUT2D eigenvalue weighted by atomic mass is 32.2. The van der Waals surface area contributed by atoms with Crippen molar-refractivity contribution in [1.29, 1.82) is 0 Å². The van der Waals surface area contributed by atoms with E-state index in [0.29, 0.717) is 24.6 Å². The molecule has 29 heavy (non-hydrogen) atoms. The van der Waals surface area contributed by atoms with E-state index < -0.39 is 11.9 Å². The first-order valence-electron chi connectivity index (χ1n) is 10.0. The zero-order valence-corrected chi connectivity index (χ0v) is 17.0. The molecule has 0 unspecified atom stereocenters. The molecular weight excluding hydrogens is 390 g/mol. The van der Waals surface area contributed by atoms with Crippen molar-refractivity contribution in [1.82, 2.24) is 24.9 Å². The molecule has 1 amide bonds. The fraction of sp³-hybridized carbons (Fsp3) is 0.550. The first-order valence-corrected chi connectivity index (χ1v) is 11.2. The largest absolute Gasteiger partial charge is 0.481 e. The number of pyridine rings is 1. The van der Waals surface area contributed by atoms with Crippen LogP contribution in [0.5, 0.6) is 0 Å². The topological polar surface area (TPSA) is 101 Å². The lowest BCUT2D eigenvalue weighted by Crippen LogP contribution is -2.41. The van der Waals surface area contributed by atoms with Crippen LogP contribution in [-0.4, -0.2) is 60.7 Å². The van der Waals surface area contributed by atoms with Gasteiger partial charge in [-0.15, -0.1) is 5.10 Å². The van der Waals surface area contributed by atoms with E-state index in [2.05, 4.69) is 21.6 Å². The molecule has 0 spiro atoms. The number of aliphatic carboxylic acids is 1. The summed E-state index contributed by atoms with van der Waals surface area (Å²) in [6.45, 7) is 0.476.